The largest absolute Gasteiger partial charge is 0.383 e. The maximum atomic E-state index is 11.9. The van der Waals surface area contributed by atoms with E-state index in [4.69, 9.17) is 4.74 Å². The number of carbonyl (C=O) groups excluding carboxylic acids is 1. The Balaban J connectivity index is 0.00000324. The van der Waals surface area contributed by atoms with E-state index in [9.17, 15) is 4.79 Å². The van der Waals surface area contributed by atoms with E-state index in [1.807, 2.05) is 24.3 Å². The fourth-order valence-corrected chi connectivity index (χ4v) is 1.71. The molecule has 0 aliphatic heterocycles. The fraction of sp³-hybridized carbons (Fsp3) is 0.500. The van der Waals surface area contributed by atoms with E-state index < -0.39 is 0 Å². The minimum atomic E-state index is 0. The second-order valence-electron chi connectivity index (χ2n) is 4.01. The van der Waals surface area contributed by atoms with Gasteiger partial charge in [0.1, 0.15) is 0 Å². The molecule has 0 bridgehead atoms. The zero-order valence-corrected chi connectivity index (χ0v) is 12.4. The second-order valence-corrected chi connectivity index (χ2v) is 4.01. The van der Waals surface area contributed by atoms with E-state index in [2.05, 4.69) is 17.6 Å². The first-order valence-electron chi connectivity index (χ1n) is 6.35. The zero-order valence-electron chi connectivity index (χ0n) is 11.6. The second kappa shape index (κ2) is 10.8. The Morgan fingerprint density at radius 1 is 1.21 bits per heavy atom. The molecule has 0 spiro atoms. The topological polar surface area (TPSA) is 50.4 Å². The Labute approximate surface area is 121 Å². The molecule has 0 saturated heterocycles. The van der Waals surface area contributed by atoms with Crippen LogP contribution in [-0.4, -0.2) is 39.3 Å². The highest BCUT2D eigenvalue weighted by Crippen LogP contribution is 2.08. The number of methoxy groups -OCH3 is 1. The van der Waals surface area contributed by atoms with Gasteiger partial charge in [-0.3, -0.25) is 4.79 Å². The van der Waals surface area contributed by atoms with Crippen molar-refractivity contribution in [2.75, 3.05) is 33.4 Å². The fourth-order valence-electron chi connectivity index (χ4n) is 1.71. The maximum absolute atomic E-state index is 11.9. The van der Waals surface area contributed by atoms with Crippen molar-refractivity contribution in [3.63, 3.8) is 0 Å². The normalized spacial score (nSPS) is 9.79. The number of hydrogen-bond donors (Lipinski definition) is 2. The van der Waals surface area contributed by atoms with Crippen molar-refractivity contribution in [1.29, 1.82) is 0 Å². The van der Waals surface area contributed by atoms with Gasteiger partial charge in [0.25, 0.3) is 5.91 Å². The van der Waals surface area contributed by atoms with Gasteiger partial charge >= 0.3 is 0 Å². The van der Waals surface area contributed by atoms with Crippen LogP contribution >= 0.6 is 12.4 Å². The molecule has 1 aromatic carbocycles. The summed E-state index contributed by atoms with van der Waals surface area (Å²) in [5.74, 6) is 0.000918. The van der Waals surface area contributed by atoms with Crippen LogP contribution in [0.15, 0.2) is 24.3 Å². The average molecular weight is 287 g/mol. The summed E-state index contributed by atoms with van der Waals surface area (Å²) < 4.78 is 4.92. The first kappa shape index (κ1) is 17.9. The summed E-state index contributed by atoms with van der Waals surface area (Å²) in [5, 5.41) is 6.09. The van der Waals surface area contributed by atoms with E-state index in [-0.39, 0.29) is 18.3 Å². The smallest absolute Gasteiger partial charge is 0.251 e. The van der Waals surface area contributed by atoms with Crippen LogP contribution in [0.5, 0.6) is 0 Å². The van der Waals surface area contributed by atoms with E-state index in [1.54, 1.807) is 7.11 Å². The van der Waals surface area contributed by atoms with E-state index in [0.717, 1.165) is 30.6 Å². The Bertz CT molecular complexity index is 372. The van der Waals surface area contributed by atoms with Crippen LogP contribution in [0, 0.1) is 0 Å². The molecule has 0 aliphatic carbocycles. The predicted molar refractivity (Wildman–Crippen MR) is 80.1 cm³/mol. The van der Waals surface area contributed by atoms with Gasteiger partial charge in [-0.05, 0) is 18.1 Å². The van der Waals surface area contributed by atoms with Crippen LogP contribution in [0.1, 0.15) is 22.8 Å². The first-order chi connectivity index (χ1) is 8.79. The van der Waals surface area contributed by atoms with E-state index >= 15 is 0 Å². The highest BCUT2D eigenvalue weighted by atomic mass is 35.5. The molecule has 0 heterocycles. The van der Waals surface area contributed by atoms with Gasteiger partial charge in [-0.15, -0.1) is 12.4 Å². The van der Waals surface area contributed by atoms with Crippen LogP contribution in [0.25, 0.3) is 0 Å². The Kier molecular flexibility index (Phi) is 10.2. The number of rotatable bonds is 8. The molecule has 1 aromatic rings. The van der Waals surface area contributed by atoms with Crippen LogP contribution in [0.4, 0.5) is 0 Å². The third kappa shape index (κ3) is 6.57. The van der Waals surface area contributed by atoms with Gasteiger partial charge in [0, 0.05) is 32.3 Å². The maximum Gasteiger partial charge on any atom is 0.251 e. The number of amides is 1. The van der Waals surface area contributed by atoms with Crippen LogP contribution < -0.4 is 10.6 Å². The summed E-state index contributed by atoms with van der Waals surface area (Å²) in [6, 6.07) is 7.71. The van der Waals surface area contributed by atoms with Crippen molar-refractivity contribution in [3.8, 4) is 0 Å². The lowest BCUT2D eigenvalue weighted by atomic mass is 10.0. The molecule has 1 amide bonds. The van der Waals surface area contributed by atoms with Crippen molar-refractivity contribution >= 4 is 18.3 Å². The monoisotopic (exact) mass is 286 g/mol. The summed E-state index contributed by atoms with van der Waals surface area (Å²) in [6.45, 7) is 4.92. The molecule has 4 nitrogen and oxygen atoms in total. The van der Waals surface area contributed by atoms with Crippen LogP contribution in [0.2, 0.25) is 0 Å². The molecule has 0 unspecified atom stereocenters. The minimum Gasteiger partial charge on any atom is -0.383 e. The summed E-state index contributed by atoms with van der Waals surface area (Å²) in [4.78, 5) is 11.9. The summed E-state index contributed by atoms with van der Waals surface area (Å²) in [6.07, 6.45) is 0.871. The molecule has 0 atom stereocenters. The molecule has 1 rings (SSSR count). The van der Waals surface area contributed by atoms with Gasteiger partial charge in [-0.2, -0.15) is 0 Å². The van der Waals surface area contributed by atoms with Crippen molar-refractivity contribution in [3.05, 3.63) is 35.4 Å². The average Bonchev–Trinajstić information content (AvgIpc) is 2.42. The molecule has 0 fully saturated rings. The summed E-state index contributed by atoms with van der Waals surface area (Å²) in [7, 11) is 1.67. The predicted octanol–water partition coefficient (Wildman–Crippen LogP) is 1.64. The number of aryl methyl sites for hydroxylation is 1. The molecular formula is C14H23ClN2O2. The number of halogens is 1. The lowest BCUT2D eigenvalue weighted by Gasteiger charge is -2.09. The molecule has 108 valence electrons. The number of benzene rings is 1. The number of carbonyl (C=O) groups is 1. The number of nitrogens with one attached hydrogen (secondary N) is 2. The van der Waals surface area contributed by atoms with Crippen molar-refractivity contribution in [2.24, 2.45) is 0 Å². The SMILES string of the molecule is CCc1ccccc1C(=O)NCCNCCOC.Cl. The van der Waals surface area contributed by atoms with Crippen LogP contribution in [-0.2, 0) is 11.2 Å². The Hall–Kier alpha value is -1.10. The molecule has 19 heavy (non-hydrogen) atoms. The van der Waals surface area contributed by atoms with Gasteiger partial charge in [0.2, 0.25) is 0 Å². The highest BCUT2D eigenvalue weighted by Gasteiger charge is 2.08. The summed E-state index contributed by atoms with van der Waals surface area (Å²) in [5.41, 5.74) is 1.86. The minimum absolute atomic E-state index is 0. The molecule has 5 heteroatoms. The van der Waals surface area contributed by atoms with E-state index in [0.29, 0.717) is 13.2 Å². The van der Waals surface area contributed by atoms with Gasteiger partial charge in [0.15, 0.2) is 0 Å². The standard InChI is InChI=1S/C14H22N2O2.ClH/c1-3-12-6-4-5-7-13(12)14(17)16-9-8-15-10-11-18-2;/h4-7,15H,3,8-11H2,1-2H3,(H,16,17);1H. The molecule has 0 aliphatic rings. The zero-order chi connectivity index (χ0) is 13.2. The van der Waals surface area contributed by atoms with Crippen molar-refractivity contribution in [2.45, 2.75) is 13.3 Å². The van der Waals surface area contributed by atoms with Crippen LogP contribution in [0.3, 0.4) is 0 Å². The molecule has 0 aromatic heterocycles. The van der Waals surface area contributed by atoms with Gasteiger partial charge in [-0.25, -0.2) is 0 Å². The molecule has 2 N–H and O–H groups in total. The molecular weight excluding hydrogens is 264 g/mol. The third-order valence-corrected chi connectivity index (χ3v) is 2.71. The Morgan fingerprint density at radius 3 is 2.63 bits per heavy atom. The number of hydrogen-bond acceptors (Lipinski definition) is 3. The number of ether oxygens (including phenoxy) is 1. The third-order valence-electron chi connectivity index (χ3n) is 2.71. The van der Waals surface area contributed by atoms with Crippen molar-refractivity contribution in [1.82, 2.24) is 10.6 Å². The lowest BCUT2D eigenvalue weighted by molar-refractivity contribution is 0.0953. The van der Waals surface area contributed by atoms with Crippen molar-refractivity contribution < 1.29 is 9.53 Å². The summed E-state index contributed by atoms with van der Waals surface area (Å²) >= 11 is 0. The Morgan fingerprint density at radius 2 is 1.95 bits per heavy atom. The van der Waals surface area contributed by atoms with Gasteiger partial charge in [0.05, 0.1) is 6.61 Å². The highest BCUT2D eigenvalue weighted by molar-refractivity contribution is 5.95. The first-order valence-corrected chi connectivity index (χ1v) is 6.35. The quantitative estimate of drug-likeness (QED) is 0.714. The molecule has 0 saturated carbocycles. The van der Waals surface area contributed by atoms with Gasteiger partial charge < -0.3 is 15.4 Å². The lowest BCUT2D eigenvalue weighted by Crippen LogP contribution is -2.33. The molecule has 0 radical (unpaired) electrons. The van der Waals surface area contributed by atoms with Gasteiger partial charge in [-0.1, -0.05) is 25.1 Å². The van der Waals surface area contributed by atoms with E-state index in [1.165, 1.54) is 0 Å².